The lowest BCUT2D eigenvalue weighted by Gasteiger charge is -2.32. The van der Waals surface area contributed by atoms with E-state index in [4.69, 9.17) is 0 Å². The van der Waals surface area contributed by atoms with E-state index < -0.39 is 0 Å². The maximum absolute atomic E-state index is 11.4. The van der Waals surface area contributed by atoms with E-state index in [0.29, 0.717) is 11.7 Å². The quantitative estimate of drug-likeness (QED) is 0.722. The van der Waals surface area contributed by atoms with Gasteiger partial charge in [0, 0.05) is 12.0 Å². The summed E-state index contributed by atoms with van der Waals surface area (Å²) in [6, 6.07) is 0.797. The standard InChI is InChI=1S/C18H31NO/c1-14(20)17-10-6-15(7-11-17)4-5-16-8-12-18(13-9-16)19(2)3/h4-5,15-18H,6-13H2,1-3H3/b5-4+. The van der Waals surface area contributed by atoms with Crippen LogP contribution < -0.4 is 0 Å². The molecule has 0 heterocycles. The number of nitrogens with zero attached hydrogens (tertiary/aromatic N) is 1. The van der Waals surface area contributed by atoms with Gasteiger partial charge in [-0.2, -0.15) is 0 Å². The number of carbonyl (C=O) groups excluding carboxylic acids is 1. The summed E-state index contributed by atoms with van der Waals surface area (Å²) in [5.41, 5.74) is 0. The fraction of sp³-hybridized carbons (Fsp3) is 0.833. The minimum Gasteiger partial charge on any atom is -0.306 e. The SMILES string of the molecule is CC(=O)C1CCC(/C=C/C2CCC(N(C)C)CC2)CC1. The molecule has 0 aromatic rings. The zero-order chi connectivity index (χ0) is 14.5. The molecule has 0 N–H and O–H groups in total. The smallest absolute Gasteiger partial charge is 0.132 e. The highest BCUT2D eigenvalue weighted by Gasteiger charge is 2.24. The lowest BCUT2D eigenvalue weighted by molar-refractivity contribution is -0.121. The number of carbonyl (C=O) groups is 1. The summed E-state index contributed by atoms with van der Waals surface area (Å²) in [7, 11) is 4.41. The molecule has 0 radical (unpaired) electrons. The van der Waals surface area contributed by atoms with E-state index in [-0.39, 0.29) is 0 Å². The summed E-state index contributed by atoms with van der Waals surface area (Å²) in [5, 5.41) is 0. The molecular formula is C18H31NO. The molecule has 2 fully saturated rings. The van der Waals surface area contributed by atoms with E-state index in [0.717, 1.165) is 30.7 Å². The second-order valence-electron chi connectivity index (χ2n) is 7.14. The van der Waals surface area contributed by atoms with Gasteiger partial charge in [-0.25, -0.2) is 0 Å². The Hall–Kier alpha value is -0.630. The van der Waals surface area contributed by atoms with Gasteiger partial charge >= 0.3 is 0 Å². The molecule has 114 valence electrons. The third kappa shape index (κ3) is 4.44. The molecule has 2 aliphatic rings. The normalized spacial score (nSPS) is 35.6. The van der Waals surface area contributed by atoms with Crippen molar-refractivity contribution in [3.05, 3.63) is 12.2 Å². The molecule has 0 aliphatic heterocycles. The third-order valence-electron chi connectivity index (χ3n) is 5.47. The third-order valence-corrected chi connectivity index (χ3v) is 5.47. The molecule has 0 aromatic heterocycles. The fourth-order valence-corrected chi connectivity index (χ4v) is 3.84. The van der Waals surface area contributed by atoms with E-state index in [1.807, 2.05) is 0 Å². The molecule has 0 aromatic carbocycles. The first-order valence-electron chi connectivity index (χ1n) is 8.41. The first kappa shape index (κ1) is 15.8. The first-order valence-corrected chi connectivity index (χ1v) is 8.41. The van der Waals surface area contributed by atoms with Gasteiger partial charge in [-0.15, -0.1) is 0 Å². The predicted octanol–water partition coefficient (Wildman–Crippen LogP) is 4.06. The Morgan fingerprint density at radius 2 is 1.30 bits per heavy atom. The molecule has 2 nitrogen and oxygen atoms in total. The second-order valence-corrected chi connectivity index (χ2v) is 7.14. The van der Waals surface area contributed by atoms with Gasteiger partial charge in [-0.05, 0) is 84.2 Å². The molecule has 20 heavy (non-hydrogen) atoms. The highest BCUT2D eigenvalue weighted by Crippen LogP contribution is 2.32. The summed E-state index contributed by atoms with van der Waals surface area (Å²) in [4.78, 5) is 13.8. The monoisotopic (exact) mass is 277 g/mol. The van der Waals surface area contributed by atoms with Crippen molar-refractivity contribution < 1.29 is 4.79 Å². The average molecular weight is 277 g/mol. The summed E-state index contributed by atoms with van der Waals surface area (Å²) in [6.45, 7) is 1.75. The highest BCUT2D eigenvalue weighted by atomic mass is 16.1. The molecule has 2 rings (SSSR count). The minimum atomic E-state index is 0.357. The van der Waals surface area contributed by atoms with Crippen LogP contribution in [0.4, 0.5) is 0 Å². The van der Waals surface area contributed by atoms with Crippen LogP contribution in [-0.4, -0.2) is 30.8 Å². The van der Waals surface area contributed by atoms with E-state index in [2.05, 4.69) is 31.1 Å². The Morgan fingerprint density at radius 1 is 0.850 bits per heavy atom. The Bertz CT molecular complexity index is 331. The highest BCUT2D eigenvalue weighted by molar-refractivity contribution is 5.78. The topological polar surface area (TPSA) is 20.3 Å². The molecule has 2 heteroatoms. The lowest BCUT2D eigenvalue weighted by atomic mass is 9.79. The van der Waals surface area contributed by atoms with Crippen molar-refractivity contribution in [2.24, 2.45) is 17.8 Å². The molecule has 2 saturated carbocycles. The predicted molar refractivity (Wildman–Crippen MR) is 84.7 cm³/mol. The van der Waals surface area contributed by atoms with Crippen molar-refractivity contribution in [3.63, 3.8) is 0 Å². The number of rotatable bonds is 4. The van der Waals surface area contributed by atoms with Crippen molar-refractivity contribution >= 4 is 5.78 Å². The van der Waals surface area contributed by atoms with Crippen molar-refractivity contribution in [2.75, 3.05) is 14.1 Å². The molecule has 0 saturated heterocycles. The molecule has 2 aliphatic carbocycles. The maximum atomic E-state index is 11.4. The van der Waals surface area contributed by atoms with Gasteiger partial charge < -0.3 is 4.90 Å². The summed E-state index contributed by atoms with van der Waals surface area (Å²) in [5.74, 6) is 2.29. The van der Waals surface area contributed by atoms with Gasteiger partial charge in [-0.3, -0.25) is 4.79 Å². The van der Waals surface area contributed by atoms with Crippen LogP contribution in [0.15, 0.2) is 12.2 Å². The van der Waals surface area contributed by atoms with Gasteiger partial charge in [0.05, 0.1) is 0 Å². The van der Waals surface area contributed by atoms with Crippen LogP contribution in [0.25, 0.3) is 0 Å². The van der Waals surface area contributed by atoms with Gasteiger partial charge in [-0.1, -0.05) is 12.2 Å². The Balaban J connectivity index is 1.71. The van der Waals surface area contributed by atoms with E-state index in [1.165, 1.54) is 38.5 Å². The Kier molecular flexibility index (Phi) is 5.83. The van der Waals surface area contributed by atoms with E-state index >= 15 is 0 Å². The van der Waals surface area contributed by atoms with Gasteiger partial charge in [0.25, 0.3) is 0 Å². The molecule has 0 bridgehead atoms. The van der Waals surface area contributed by atoms with Crippen LogP contribution in [0.5, 0.6) is 0 Å². The average Bonchev–Trinajstić information content (AvgIpc) is 2.46. The van der Waals surface area contributed by atoms with Crippen LogP contribution in [-0.2, 0) is 4.79 Å². The van der Waals surface area contributed by atoms with Crippen LogP contribution in [0.1, 0.15) is 58.3 Å². The van der Waals surface area contributed by atoms with Crippen molar-refractivity contribution in [2.45, 2.75) is 64.3 Å². The lowest BCUT2D eigenvalue weighted by Crippen LogP contribution is -2.31. The number of allylic oxidation sites excluding steroid dienone is 2. The molecule has 0 atom stereocenters. The maximum Gasteiger partial charge on any atom is 0.132 e. The minimum absolute atomic E-state index is 0.357. The second kappa shape index (κ2) is 7.40. The number of hydrogen-bond acceptors (Lipinski definition) is 2. The fourth-order valence-electron chi connectivity index (χ4n) is 3.84. The van der Waals surface area contributed by atoms with Gasteiger partial charge in [0.1, 0.15) is 5.78 Å². The zero-order valence-electron chi connectivity index (χ0n) is 13.5. The van der Waals surface area contributed by atoms with Crippen LogP contribution in [0.2, 0.25) is 0 Å². The number of Topliss-reactive ketones (excluding diaryl/α,β-unsaturated/α-hetero) is 1. The largest absolute Gasteiger partial charge is 0.306 e. The molecule has 0 unspecified atom stereocenters. The summed E-state index contributed by atoms with van der Waals surface area (Å²) >= 11 is 0. The van der Waals surface area contributed by atoms with E-state index in [1.54, 1.807) is 6.92 Å². The first-order chi connectivity index (χ1) is 9.56. The Morgan fingerprint density at radius 3 is 1.70 bits per heavy atom. The molecular weight excluding hydrogens is 246 g/mol. The summed E-state index contributed by atoms with van der Waals surface area (Å²) < 4.78 is 0. The van der Waals surface area contributed by atoms with Crippen molar-refractivity contribution in [3.8, 4) is 0 Å². The zero-order valence-corrected chi connectivity index (χ0v) is 13.5. The Labute approximate surface area is 124 Å². The van der Waals surface area contributed by atoms with E-state index in [9.17, 15) is 4.79 Å². The summed E-state index contributed by atoms with van der Waals surface area (Å²) in [6.07, 6.45) is 15.0. The van der Waals surface area contributed by atoms with Gasteiger partial charge in [0.15, 0.2) is 0 Å². The van der Waals surface area contributed by atoms with Crippen molar-refractivity contribution in [1.82, 2.24) is 4.90 Å². The van der Waals surface area contributed by atoms with Crippen LogP contribution in [0, 0.1) is 17.8 Å². The van der Waals surface area contributed by atoms with Crippen molar-refractivity contribution in [1.29, 1.82) is 0 Å². The van der Waals surface area contributed by atoms with Crippen LogP contribution >= 0.6 is 0 Å². The number of ketones is 1. The van der Waals surface area contributed by atoms with Gasteiger partial charge in [0.2, 0.25) is 0 Å². The molecule has 0 amide bonds. The number of hydrogen-bond donors (Lipinski definition) is 0. The van der Waals surface area contributed by atoms with Crippen LogP contribution in [0.3, 0.4) is 0 Å². The molecule has 0 spiro atoms.